The van der Waals surface area contributed by atoms with Crippen LogP contribution < -0.4 is 15.0 Å². The van der Waals surface area contributed by atoms with Crippen LogP contribution in [0.1, 0.15) is 5.56 Å². The van der Waals surface area contributed by atoms with Crippen molar-refractivity contribution in [2.45, 2.75) is 13.0 Å². The number of ether oxygens (including phenoxy) is 1. The quantitative estimate of drug-likeness (QED) is 0.900. The molecule has 0 saturated carbocycles. The summed E-state index contributed by atoms with van der Waals surface area (Å²) < 4.78 is 5.90. The van der Waals surface area contributed by atoms with Gasteiger partial charge in [0.25, 0.3) is 5.91 Å². The van der Waals surface area contributed by atoms with Gasteiger partial charge in [0, 0.05) is 32.7 Å². The van der Waals surface area contributed by atoms with Crippen molar-refractivity contribution in [2.24, 2.45) is 0 Å². The van der Waals surface area contributed by atoms with Crippen molar-refractivity contribution in [3.63, 3.8) is 0 Å². The number of aryl methyl sites for hydroxylation is 1. The van der Waals surface area contributed by atoms with Crippen molar-refractivity contribution >= 4 is 28.9 Å². The minimum absolute atomic E-state index is 0.0762. The summed E-state index contributed by atoms with van der Waals surface area (Å²) in [7, 11) is 0. The predicted octanol–water partition coefficient (Wildman–Crippen LogP) is 3.17. The fourth-order valence-corrected chi connectivity index (χ4v) is 3.84. The van der Waals surface area contributed by atoms with E-state index < -0.39 is 6.10 Å². The number of hydrogen-bond acceptors (Lipinski definition) is 4. The third kappa shape index (κ3) is 3.50. The van der Waals surface area contributed by atoms with Gasteiger partial charge in [0.15, 0.2) is 6.10 Å². The molecule has 1 saturated heterocycles. The molecule has 136 valence electrons. The minimum atomic E-state index is -0.473. The van der Waals surface area contributed by atoms with E-state index in [9.17, 15) is 4.79 Å². The molecule has 2 aromatic rings. The second-order valence-electron chi connectivity index (χ2n) is 6.83. The third-order valence-corrected chi connectivity index (χ3v) is 5.25. The summed E-state index contributed by atoms with van der Waals surface area (Å²) in [5, 5.41) is 3.72. The topological polar surface area (TPSA) is 44.8 Å². The maximum absolute atomic E-state index is 12.3. The van der Waals surface area contributed by atoms with Crippen LogP contribution in [-0.2, 0) is 4.79 Å². The van der Waals surface area contributed by atoms with Crippen LogP contribution in [0, 0.1) is 6.92 Å². The number of carbonyl (C=O) groups is 1. The predicted molar refractivity (Wildman–Crippen MR) is 104 cm³/mol. The number of fused-ring (bicyclic) bond motifs is 1. The minimum Gasteiger partial charge on any atom is -0.477 e. The highest BCUT2D eigenvalue weighted by Gasteiger charge is 2.30. The van der Waals surface area contributed by atoms with E-state index >= 15 is 0 Å². The second-order valence-corrected chi connectivity index (χ2v) is 7.24. The first-order chi connectivity index (χ1) is 12.6. The summed E-state index contributed by atoms with van der Waals surface area (Å²) in [5.41, 5.74) is 2.99. The highest BCUT2D eigenvalue weighted by Crippen LogP contribution is 2.30. The van der Waals surface area contributed by atoms with Gasteiger partial charge in [-0.3, -0.25) is 9.69 Å². The van der Waals surface area contributed by atoms with Gasteiger partial charge in [0.2, 0.25) is 0 Å². The molecule has 0 aromatic heterocycles. The zero-order valence-electron chi connectivity index (χ0n) is 14.7. The van der Waals surface area contributed by atoms with Gasteiger partial charge in [0.1, 0.15) is 5.75 Å². The van der Waals surface area contributed by atoms with Crippen LogP contribution in [0.2, 0.25) is 5.02 Å². The van der Waals surface area contributed by atoms with Gasteiger partial charge in [0.05, 0.1) is 16.4 Å². The molecule has 1 atom stereocenters. The van der Waals surface area contributed by atoms with Gasteiger partial charge in [-0.25, -0.2) is 0 Å². The lowest BCUT2D eigenvalue weighted by Gasteiger charge is -2.38. The van der Waals surface area contributed by atoms with Gasteiger partial charge in [-0.15, -0.1) is 0 Å². The highest BCUT2D eigenvalue weighted by molar-refractivity contribution is 6.33. The summed E-state index contributed by atoms with van der Waals surface area (Å²) in [6.07, 6.45) is -0.473. The van der Waals surface area contributed by atoms with E-state index in [1.165, 1.54) is 0 Å². The Bertz CT molecular complexity index is 818. The van der Waals surface area contributed by atoms with E-state index in [4.69, 9.17) is 16.3 Å². The molecule has 1 fully saturated rings. The molecule has 1 N–H and O–H groups in total. The molecule has 0 radical (unpaired) electrons. The molecule has 1 unspecified atom stereocenters. The first-order valence-corrected chi connectivity index (χ1v) is 9.28. The molecule has 2 aliphatic heterocycles. The smallest absolute Gasteiger partial charge is 0.266 e. The number of para-hydroxylation sites is 2. The fourth-order valence-electron chi connectivity index (χ4n) is 3.49. The van der Waals surface area contributed by atoms with Crippen LogP contribution in [0.4, 0.5) is 11.4 Å². The van der Waals surface area contributed by atoms with Gasteiger partial charge in [-0.1, -0.05) is 29.8 Å². The van der Waals surface area contributed by atoms with Crippen molar-refractivity contribution < 1.29 is 9.53 Å². The maximum atomic E-state index is 12.3. The molecule has 2 aromatic carbocycles. The third-order valence-electron chi connectivity index (χ3n) is 4.95. The van der Waals surface area contributed by atoms with E-state index in [0.717, 1.165) is 53.9 Å². The number of amides is 1. The largest absolute Gasteiger partial charge is 0.477 e. The molecular weight excluding hydrogens is 350 g/mol. The molecule has 4 rings (SSSR count). The van der Waals surface area contributed by atoms with Crippen molar-refractivity contribution in [2.75, 3.05) is 42.9 Å². The number of carbonyl (C=O) groups excluding carboxylic acids is 1. The molecule has 6 heteroatoms. The van der Waals surface area contributed by atoms with Crippen LogP contribution in [-0.4, -0.2) is 49.6 Å². The number of piperazine rings is 1. The molecule has 5 nitrogen and oxygen atoms in total. The number of hydrogen-bond donors (Lipinski definition) is 1. The Kier molecular flexibility index (Phi) is 4.74. The number of nitrogens with one attached hydrogen (secondary N) is 1. The Labute approximate surface area is 158 Å². The molecular formula is C20H22ClN3O2. The summed E-state index contributed by atoms with van der Waals surface area (Å²) in [4.78, 5) is 16.9. The molecule has 26 heavy (non-hydrogen) atoms. The Morgan fingerprint density at radius 1 is 1.15 bits per heavy atom. The average Bonchev–Trinajstić information content (AvgIpc) is 2.63. The number of nitrogens with zero attached hydrogens (tertiary/aromatic N) is 2. The number of benzene rings is 2. The van der Waals surface area contributed by atoms with Gasteiger partial charge in [-0.05, 0) is 36.8 Å². The molecule has 0 bridgehead atoms. The number of anilines is 2. The lowest BCUT2D eigenvalue weighted by atomic mass is 10.1. The highest BCUT2D eigenvalue weighted by atomic mass is 35.5. The molecule has 2 heterocycles. The van der Waals surface area contributed by atoms with Crippen molar-refractivity contribution in [1.29, 1.82) is 0 Å². The Morgan fingerprint density at radius 3 is 2.69 bits per heavy atom. The van der Waals surface area contributed by atoms with Gasteiger partial charge < -0.3 is 15.0 Å². The van der Waals surface area contributed by atoms with Crippen LogP contribution in [0.5, 0.6) is 5.75 Å². The monoisotopic (exact) mass is 371 g/mol. The summed E-state index contributed by atoms with van der Waals surface area (Å²) in [6.45, 7) is 6.15. The van der Waals surface area contributed by atoms with Crippen molar-refractivity contribution in [3.8, 4) is 5.75 Å². The Balaban J connectivity index is 1.36. The molecule has 0 spiro atoms. The van der Waals surface area contributed by atoms with Gasteiger partial charge >= 0.3 is 0 Å². The normalized spacial score (nSPS) is 20.3. The van der Waals surface area contributed by atoms with Crippen molar-refractivity contribution in [1.82, 2.24) is 4.90 Å². The lowest BCUT2D eigenvalue weighted by Crippen LogP contribution is -2.52. The van der Waals surface area contributed by atoms with E-state index in [1.807, 2.05) is 37.3 Å². The van der Waals surface area contributed by atoms with Crippen LogP contribution in [0.15, 0.2) is 42.5 Å². The van der Waals surface area contributed by atoms with Crippen LogP contribution in [0.3, 0.4) is 0 Å². The zero-order chi connectivity index (χ0) is 18.1. The van der Waals surface area contributed by atoms with Crippen LogP contribution in [0.25, 0.3) is 0 Å². The lowest BCUT2D eigenvalue weighted by molar-refractivity contribution is -0.124. The second kappa shape index (κ2) is 7.17. The standard InChI is InChI=1S/C20H22ClN3O2/c1-14-6-7-17(15(21)12-14)24-10-8-23(9-11-24)13-19-20(25)22-16-4-2-3-5-18(16)26-19/h2-7,12,19H,8-11,13H2,1H3,(H,22,25). The van der Waals surface area contributed by atoms with E-state index in [2.05, 4.69) is 27.2 Å². The zero-order valence-corrected chi connectivity index (χ0v) is 15.5. The fraction of sp³-hybridized carbons (Fsp3) is 0.350. The first-order valence-electron chi connectivity index (χ1n) is 8.90. The Hall–Kier alpha value is -2.24. The van der Waals surface area contributed by atoms with E-state index in [1.54, 1.807) is 0 Å². The summed E-state index contributed by atoms with van der Waals surface area (Å²) >= 11 is 6.39. The molecule has 1 amide bonds. The molecule has 2 aliphatic rings. The van der Waals surface area contributed by atoms with Gasteiger partial charge in [-0.2, -0.15) is 0 Å². The maximum Gasteiger partial charge on any atom is 0.266 e. The summed E-state index contributed by atoms with van der Waals surface area (Å²) in [6, 6.07) is 13.7. The van der Waals surface area contributed by atoms with E-state index in [-0.39, 0.29) is 5.91 Å². The first kappa shape index (κ1) is 17.2. The molecule has 0 aliphatic carbocycles. The van der Waals surface area contributed by atoms with E-state index in [0.29, 0.717) is 6.54 Å². The average molecular weight is 372 g/mol. The number of rotatable bonds is 3. The van der Waals surface area contributed by atoms with Crippen molar-refractivity contribution in [3.05, 3.63) is 53.1 Å². The number of halogens is 1. The summed E-state index contributed by atoms with van der Waals surface area (Å²) in [5.74, 6) is 0.662. The Morgan fingerprint density at radius 2 is 1.92 bits per heavy atom. The SMILES string of the molecule is Cc1ccc(N2CCN(CC3Oc4ccccc4NC3=O)CC2)c(Cl)c1. The van der Waals surface area contributed by atoms with Crippen LogP contribution >= 0.6 is 11.6 Å².